The van der Waals surface area contributed by atoms with Gasteiger partial charge in [-0.05, 0) is 87.1 Å². The number of nitrogens with two attached hydrogens (primary N) is 1. The number of halogens is 1. The summed E-state index contributed by atoms with van der Waals surface area (Å²) >= 11 is 6.40. The standard InChI is InChI=1S/C19H20ClN3.C8H16O/c1-4-5-6-15(17-10-23-11-18(22)19(17)20)16-8-14(9-21)12(2)7-13(16)3;1-7-3-5-8(2,9)6-4-7/h6-8,10-11H,4-5,22H2,1-3H3;7,9H,3-6H2,1-2H3/b15-6+;. The molecule has 1 aromatic heterocycles. The molecule has 0 unspecified atom stereocenters. The topological polar surface area (TPSA) is 82.9 Å². The summed E-state index contributed by atoms with van der Waals surface area (Å²) in [6.45, 7) is 10.3. The van der Waals surface area contributed by atoms with Crippen molar-refractivity contribution in [2.45, 2.75) is 78.7 Å². The van der Waals surface area contributed by atoms with E-state index in [0.717, 1.165) is 59.4 Å². The molecule has 1 fully saturated rings. The maximum absolute atomic E-state index is 9.49. The van der Waals surface area contributed by atoms with E-state index in [1.165, 1.54) is 12.8 Å². The molecule has 2 aromatic rings. The quantitative estimate of drug-likeness (QED) is 0.522. The van der Waals surface area contributed by atoms with Gasteiger partial charge >= 0.3 is 0 Å². The molecule has 0 atom stereocenters. The molecular formula is C27H36ClN3O. The Morgan fingerprint density at radius 2 is 1.91 bits per heavy atom. The number of nitrogens with zero attached hydrogens (tertiary/aromatic N) is 2. The van der Waals surface area contributed by atoms with Gasteiger partial charge in [-0.25, -0.2) is 0 Å². The highest BCUT2D eigenvalue weighted by Crippen LogP contribution is 2.35. The summed E-state index contributed by atoms with van der Waals surface area (Å²) < 4.78 is 0. The average Bonchev–Trinajstić information content (AvgIpc) is 2.75. The van der Waals surface area contributed by atoms with Gasteiger partial charge in [-0.3, -0.25) is 4.98 Å². The number of nitrogen functional groups attached to an aromatic ring is 1. The van der Waals surface area contributed by atoms with Gasteiger partial charge in [0.2, 0.25) is 0 Å². The monoisotopic (exact) mass is 453 g/mol. The summed E-state index contributed by atoms with van der Waals surface area (Å²) in [5, 5.41) is 19.3. The summed E-state index contributed by atoms with van der Waals surface area (Å²) in [7, 11) is 0. The van der Waals surface area contributed by atoms with E-state index < -0.39 is 0 Å². The van der Waals surface area contributed by atoms with E-state index in [1.807, 2.05) is 32.9 Å². The number of hydrogen-bond donors (Lipinski definition) is 2. The van der Waals surface area contributed by atoms with Crippen molar-refractivity contribution in [1.29, 1.82) is 5.26 Å². The molecule has 3 rings (SSSR count). The third-order valence-electron chi connectivity index (χ3n) is 6.17. The van der Waals surface area contributed by atoms with Crippen LogP contribution in [-0.4, -0.2) is 15.7 Å². The van der Waals surface area contributed by atoms with Crippen LogP contribution in [0.15, 0.2) is 30.6 Å². The molecule has 0 radical (unpaired) electrons. The molecule has 5 heteroatoms. The van der Waals surface area contributed by atoms with Crippen LogP contribution in [0.4, 0.5) is 5.69 Å². The fourth-order valence-corrected chi connectivity index (χ4v) is 4.15. The Balaban J connectivity index is 0.000000336. The highest BCUT2D eigenvalue weighted by molar-refractivity contribution is 6.35. The second-order valence-corrected chi connectivity index (χ2v) is 9.65. The van der Waals surface area contributed by atoms with Crippen molar-refractivity contribution in [3.63, 3.8) is 0 Å². The zero-order valence-electron chi connectivity index (χ0n) is 20.0. The van der Waals surface area contributed by atoms with Crippen LogP contribution in [0.5, 0.6) is 0 Å². The molecule has 1 heterocycles. The first kappa shape index (κ1) is 25.9. The lowest BCUT2D eigenvalue weighted by atomic mass is 9.81. The number of nitriles is 1. The Morgan fingerprint density at radius 1 is 1.25 bits per heavy atom. The molecule has 1 saturated carbocycles. The molecule has 0 bridgehead atoms. The SMILES string of the molecule is CC1CCC(C)(O)CC1.CCC/C=C(\c1cc(C#N)c(C)cc1C)c1cncc(N)c1Cl. The van der Waals surface area contributed by atoms with E-state index in [2.05, 4.69) is 31.0 Å². The van der Waals surface area contributed by atoms with Gasteiger partial charge in [0.15, 0.2) is 0 Å². The predicted molar refractivity (Wildman–Crippen MR) is 135 cm³/mol. The lowest BCUT2D eigenvalue weighted by Gasteiger charge is -2.31. The van der Waals surface area contributed by atoms with Gasteiger partial charge in [0.25, 0.3) is 0 Å². The van der Waals surface area contributed by atoms with Crippen molar-refractivity contribution in [2.75, 3.05) is 5.73 Å². The minimum atomic E-state index is -0.341. The van der Waals surface area contributed by atoms with E-state index in [9.17, 15) is 10.4 Å². The number of benzene rings is 1. The van der Waals surface area contributed by atoms with Crippen molar-refractivity contribution >= 4 is 22.9 Å². The normalized spacial score (nSPS) is 20.8. The highest BCUT2D eigenvalue weighted by atomic mass is 35.5. The summed E-state index contributed by atoms with van der Waals surface area (Å²) in [5.74, 6) is 0.838. The number of allylic oxidation sites excluding steroid dienone is 1. The zero-order chi connectivity index (χ0) is 23.9. The molecule has 0 aliphatic heterocycles. The largest absolute Gasteiger partial charge is 0.396 e. The minimum Gasteiger partial charge on any atom is -0.396 e. The number of aliphatic hydroxyl groups is 1. The summed E-state index contributed by atoms with van der Waals surface area (Å²) in [5.41, 5.74) is 11.5. The first-order chi connectivity index (χ1) is 15.1. The van der Waals surface area contributed by atoms with Gasteiger partial charge in [0.1, 0.15) is 0 Å². The number of rotatable bonds is 4. The summed E-state index contributed by atoms with van der Waals surface area (Å²) in [6, 6.07) is 6.20. The second-order valence-electron chi connectivity index (χ2n) is 9.27. The Kier molecular flexibility index (Phi) is 9.31. The maximum Gasteiger partial charge on any atom is 0.0994 e. The van der Waals surface area contributed by atoms with Crippen LogP contribution in [0, 0.1) is 31.1 Å². The molecule has 4 nitrogen and oxygen atoms in total. The molecule has 0 saturated heterocycles. The average molecular weight is 454 g/mol. The van der Waals surface area contributed by atoms with Crippen molar-refractivity contribution < 1.29 is 5.11 Å². The van der Waals surface area contributed by atoms with Crippen molar-refractivity contribution in [3.05, 3.63) is 63.4 Å². The number of aryl methyl sites for hydroxylation is 2. The van der Waals surface area contributed by atoms with Gasteiger partial charge < -0.3 is 10.8 Å². The molecule has 1 aromatic carbocycles. The van der Waals surface area contributed by atoms with Crippen LogP contribution in [0.3, 0.4) is 0 Å². The molecule has 0 spiro atoms. The van der Waals surface area contributed by atoms with Crippen LogP contribution in [-0.2, 0) is 0 Å². The Labute approximate surface area is 198 Å². The number of pyridine rings is 1. The van der Waals surface area contributed by atoms with E-state index in [0.29, 0.717) is 16.3 Å². The lowest BCUT2D eigenvalue weighted by Crippen LogP contribution is -2.29. The van der Waals surface area contributed by atoms with Gasteiger partial charge in [-0.2, -0.15) is 5.26 Å². The number of hydrogen-bond acceptors (Lipinski definition) is 4. The van der Waals surface area contributed by atoms with Crippen LogP contribution < -0.4 is 5.73 Å². The van der Waals surface area contributed by atoms with Crippen molar-refractivity contribution in [3.8, 4) is 6.07 Å². The Hall–Kier alpha value is -2.35. The number of aromatic nitrogens is 1. The summed E-state index contributed by atoms with van der Waals surface area (Å²) in [6.07, 6.45) is 11.7. The third kappa shape index (κ3) is 6.82. The van der Waals surface area contributed by atoms with Crippen LogP contribution >= 0.6 is 11.6 Å². The van der Waals surface area contributed by atoms with E-state index >= 15 is 0 Å². The molecule has 172 valence electrons. The molecule has 32 heavy (non-hydrogen) atoms. The van der Waals surface area contributed by atoms with Gasteiger partial charge in [-0.15, -0.1) is 0 Å². The van der Waals surface area contributed by atoms with E-state index in [-0.39, 0.29) is 5.60 Å². The zero-order valence-corrected chi connectivity index (χ0v) is 20.8. The second kappa shape index (κ2) is 11.5. The highest BCUT2D eigenvalue weighted by Gasteiger charge is 2.26. The third-order valence-corrected chi connectivity index (χ3v) is 6.59. The maximum atomic E-state index is 9.49. The molecular weight excluding hydrogens is 418 g/mol. The fraction of sp³-hybridized carbons (Fsp3) is 0.481. The minimum absolute atomic E-state index is 0.341. The molecule has 0 amide bonds. The van der Waals surface area contributed by atoms with Crippen molar-refractivity contribution in [1.82, 2.24) is 4.98 Å². The van der Waals surface area contributed by atoms with Crippen LogP contribution in [0.1, 0.15) is 87.1 Å². The predicted octanol–water partition coefficient (Wildman–Crippen LogP) is 6.99. The first-order valence-corrected chi connectivity index (χ1v) is 11.8. The fourth-order valence-electron chi connectivity index (χ4n) is 3.95. The van der Waals surface area contributed by atoms with E-state index in [4.69, 9.17) is 17.3 Å². The molecule has 1 aliphatic carbocycles. The number of anilines is 1. The van der Waals surface area contributed by atoms with Crippen molar-refractivity contribution in [2.24, 2.45) is 5.92 Å². The summed E-state index contributed by atoms with van der Waals surface area (Å²) in [4.78, 5) is 4.17. The van der Waals surface area contributed by atoms with Crippen LogP contribution in [0.25, 0.3) is 5.57 Å². The Bertz CT molecular complexity index is 995. The molecule has 3 N–H and O–H groups in total. The van der Waals surface area contributed by atoms with Gasteiger partial charge in [0, 0.05) is 11.8 Å². The smallest absolute Gasteiger partial charge is 0.0994 e. The lowest BCUT2D eigenvalue weighted by molar-refractivity contribution is 0.0104. The number of unbranched alkanes of at least 4 members (excludes halogenated alkanes) is 1. The Morgan fingerprint density at radius 3 is 2.47 bits per heavy atom. The van der Waals surface area contributed by atoms with Crippen LogP contribution in [0.2, 0.25) is 5.02 Å². The van der Waals surface area contributed by atoms with E-state index in [1.54, 1.807) is 12.4 Å². The van der Waals surface area contributed by atoms with Gasteiger partial charge in [-0.1, -0.05) is 44.0 Å². The van der Waals surface area contributed by atoms with Gasteiger partial charge in [0.05, 0.1) is 34.1 Å². The molecule has 1 aliphatic rings. The first-order valence-electron chi connectivity index (χ1n) is 11.4.